The van der Waals surface area contributed by atoms with Gasteiger partial charge in [-0.25, -0.2) is 9.18 Å². The number of piperazine rings is 1. The van der Waals surface area contributed by atoms with Crippen LogP contribution in [0.4, 0.5) is 14.9 Å². The van der Waals surface area contributed by atoms with Crippen LogP contribution in [0.3, 0.4) is 0 Å². The Bertz CT molecular complexity index is 1350. The zero-order valence-electron chi connectivity index (χ0n) is 21.6. The maximum Gasteiger partial charge on any atom is 0.410 e. The van der Waals surface area contributed by atoms with Crippen molar-refractivity contribution in [2.75, 3.05) is 31.1 Å². The third-order valence-corrected chi connectivity index (χ3v) is 7.53. The summed E-state index contributed by atoms with van der Waals surface area (Å²) in [6.07, 6.45) is 2.87. The van der Waals surface area contributed by atoms with E-state index in [0.29, 0.717) is 48.8 Å². The number of aryl methyl sites for hydroxylation is 1. The quantitative estimate of drug-likeness (QED) is 0.593. The van der Waals surface area contributed by atoms with E-state index >= 15 is 0 Å². The number of allylic oxidation sites excluding steroid dienone is 1. The molecule has 0 bridgehead atoms. The highest BCUT2D eigenvalue weighted by Crippen LogP contribution is 2.37. The lowest BCUT2D eigenvalue weighted by molar-refractivity contribution is 0.0240. The van der Waals surface area contributed by atoms with Gasteiger partial charge in [-0.15, -0.1) is 11.8 Å². The van der Waals surface area contributed by atoms with Gasteiger partial charge in [0, 0.05) is 42.9 Å². The van der Waals surface area contributed by atoms with Crippen molar-refractivity contribution in [3.05, 3.63) is 53.2 Å². The van der Waals surface area contributed by atoms with Crippen molar-refractivity contribution in [2.24, 2.45) is 4.99 Å². The zero-order valence-corrected chi connectivity index (χ0v) is 22.4. The number of nitrogens with one attached hydrogen (secondary N) is 1. The molecule has 3 aliphatic rings. The van der Waals surface area contributed by atoms with Gasteiger partial charge in [-0.05, 0) is 65.0 Å². The van der Waals surface area contributed by atoms with Crippen LogP contribution < -0.4 is 10.2 Å². The number of furan rings is 1. The molecule has 0 radical (unpaired) electrons. The number of halogens is 1. The van der Waals surface area contributed by atoms with Crippen molar-refractivity contribution in [3.8, 4) is 0 Å². The first-order chi connectivity index (χ1) is 17.5. The molecule has 1 aliphatic carbocycles. The van der Waals surface area contributed by atoms with E-state index in [2.05, 4.69) is 15.2 Å². The molecule has 1 aromatic heterocycles. The Kier molecular flexibility index (Phi) is 6.55. The van der Waals surface area contributed by atoms with E-state index in [9.17, 15) is 14.0 Å². The van der Waals surface area contributed by atoms with Gasteiger partial charge in [-0.2, -0.15) is 0 Å². The maximum atomic E-state index is 14.6. The van der Waals surface area contributed by atoms with Crippen LogP contribution in [0.5, 0.6) is 0 Å². The topological polar surface area (TPSA) is 87.4 Å². The molecular formula is C27H31FN4O4S. The largest absolute Gasteiger partial charge is 0.460 e. The summed E-state index contributed by atoms with van der Waals surface area (Å²) in [6.45, 7) is 11.6. The average Bonchev–Trinajstić information content (AvgIpc) is 3.39. The van der Waals surface area contributed by atoms with E-state index < -0.39 is 11.6 Å². The summed E-state index contributed by atoms with van der Waals surface area (Å²) in [7, 11) is 0. The molecule has 2 aromatic rings. The molecule has 1 N–H and O–H groups in total. The highest BCUT2D eigenvalue weighted by Gasteiger charge is 2.34. The number of rotatable bonds is 3. The third-order valence-electron chi connectivity index (χ3n) is 6.42. The number of aliphatic imine (C=N–C) groups is 1. The summed E-state index contributed by atoms with van der Waals surface area (Å²) in [5.74, 6) is -0.0356. The molecule has 2 aliphatic heterocycles. The standard InChI is InChI=1S/C27H31FN4O4S/c1-15-12-19-21(31-8-10-32(11-9-31)26(34)36-27(3,4)5)7-6-18(24(19)35-15)25(33)30-17-13-20(28)23-22(14-17)37-16(2)29-23/h6-7,12-14,22-23H,8-11H2,1-5H3,(H,30,33). The number of hydrogen-bond acceptors (Lipinski definition) is 7. The molecule has 0 spiro atoms. The molecule has 8 nitrogen and oxygen atoms in total. The zero-order chi connectivity index (χ0) is 26.5. The van der Waals surface area contributed by atoms with Crippen molar-refractivity contribution in [2.45, 2.75) is 51.5 Å². The molecule has 196 valence electrons. The van der Waals surface area contributed by atoms with Crippen LogP contribution in [0, 0.1) is 6.92 Å². The van der Waals surface area contributed by atoms with Crippen LogP contribution >= 0.6 is 11.8 Å². The van der Waals surface area contributed by atoms with Gasteiger partial charge in [-0.1, -0.05) is 0 Å². The van der Waals surface area contributed by atoms with E-state index in [1.807, 2.05) is 52.8 Å². The number of hydrogen-bond donors (Lipinski definition) is 1. The Morgan fingerprint density at radius 1 is 1.19 bits per heavy atom. The number of thioether (sulfide) groups is 1. The Balaban J connectivity index is 1.33. The molecule has 37 heavy (non-hydrogen) atoms. The van der Waals surface area contributed by atoms with Gasteiger partial charge in [0.05, 0.1) is 15.9 Å². The van der Waals surface area contributed by atoms with E-state index in [-0.39, 0.29) is 23.1 Å². The average molecular weight is 527 g/mol. The van der Waals surface area contributed by atoms with Crippen LogP contribution in [0.25, 0.3) is 11.0 Å². The van der Waals surface area contributed by atoms with Crippen molar-refractivity contribution >= 4 is 45.5 Å². The lowest BCUT2D eigenvalue weighted by Crippen LogP contribution is -2.50. The lowest BCUT2D eigenvalue weighted by Gasteiger charge is -2.37. The van der Waals surface area contributed by atoms with Gasteiger partial charge in [0.2, 0.25) is 0 Å². The molecule has 10 heteroatoms. The van der Waals surface area contributed by atoms with Gasteiger partial charge >= 0.3 is 6.09 Å². The van der Waals surface area contributed by atoms with Crippen LogP contribution in [-0.2, 0) is 4.74 Å². The molecule has 1 fully saturated rings. The van der Waals surface area contributed by atoms with Gasteiger partial charge < -0.3 is 24.3 Å². The summed E-state index contributed by atoms with van der Waals surface area (Å²) in [6, 6.07) is 5.04. The fraction of sp³-hybridized carbons (Fsp3) is 0.444. The Labute approximate surface area is 219 Å². The third kappa shape index (κ3) is 5.25. The highest BCUT2D eigenvalue weighted by atomic mass is 32.2. The SMILES string of the molecule is CC1=NC2C(F)=CC(NC(=O)c3ccc(N4CCN(C(=O)OC(C)(C)C)CC4)c4cc(C)oc34)=CC2S1. The van der Waals surface area contributed by atoms with E-state index in [1.165, 1.54) is 17.8 Å². The summed E-state index contributed by atoms with van der Waals surface area (Å²) in [5, 5.41) is 4.34. The fourth-order valence-electron chi connectivity index (χ4n) is 4.78. The molecule has 1 saturated heterocycles. The number of nitrogens with zero attached hydrogens (tertiary/aromatic N) is 3. The van der Waals surface area contributed by atoms with E-state index in [4.69, 9.17) is 9.15 Å². The summed E-state index contributed by atoms with van der Waals surface area (Å²) in [4.78, 5) is 33.9. The normalized spacial score (nSPS) is 21.8. The predicted molar refractivity (Wildman–Crippen MR) is 144 cm³/mol. The first-order valence-corrected chi connectivity index (χ1v) is 13.2. The lowest BCUT2D eigenvalue weighted by atomic mass is 10.0. The molecule has 0 saturated carbocycles. The monoisotopic (exact) mass is 526 g/mol. The van der Waals surface area contributed by atoms with Crippen molar-refractivity contribution in [1.82, 2.24) is 10.2 Å². The molecule has 2 amide bonds. The van der Waals surface area contributed by atoms with Gasteiger partial charge in [0.1, 0.15) is 28.8 Å². The fourth-order valence-corrected chi connectivity index (χ4v) is 5.89. The molecule has 5 rings (SSSR count). The number of benzene rings is 1. The summed E-state index contributed by atoms with van der Waals surface area (Å²) >= 11 is 1.49. The first-order valence-electron chi connectivity index (χ1n) is 12.4. The second kappa shape index (κ2) is 9.55. The number of amides is 2. The molecular weight excluding hydrogens is 495 g/mol. The number of anilines is 1. The van der Waals surface area contributed by atoms with E-state index in [1.54, 1.807) is 11.0 Å². The van der Waals surface area contributed by atoms with E-state index in [0.717, 1.165) is 16.1 Å². The summed E-state index contributed by atoms with van der Waals surface area (Å²) < 4.78 is 26.0. The number of fused-ring (bicyclic) bond motifs is 2. The molecule has 1 aromatic carbocycles. The maximum absolute atomic E-state index is 14.6. The second-order valence-electron chi connectivity index (χ2n) is 10.5. The van der Waals surface area contributed by atoms with Crippen molar-refractivity contribution in [1.29, 1.82) is 0 Å². The predicted octanol–water partition coefficient (Wildman–Crippen LogP) is 5.18. The molecule has 2 unspecified atom stereocenters. The molecule has 2 atom stereocenters. The minimum Gasteiger partial charge on any atom is -0.460 e. The number of ether oxygens (including phenoxy) is 1. The van der Waals surface area contributed by atoms with Gasteiger partial charge in [0.25, 0.3) is 5.91 Å². The Morgan fingerprint density at radius 3 is 2.62 bits per heavy atom. The van der Waals surface area contributed by atoms with Crippen LogP contribution in [0.2, 0.25) is 0 Å². The Morgan fingerprint density at radius 2 is 1.92 bits per heavy atom. The first kappa shape index (κ1) is 25.4. The summed E-state index contributed by atoms with van der Waals surface area (Å²) in [5.41, 5.74) is 1.68. The highest BCUT2D eigenvalue weighted by molar-refractivity contribution is 8.14. The van der Waals surface area contributed by atoms with Crippen LogP contribution in [0.15, 0.2) is 51.3 Å². The van der Waals surface area contributed by atoms with Gasteiger partial charge in [0.15, 0.2) is 0 Å². The van der Waals surface area contributed by atoms with Gasteiger partial charge in [-0.3, -0.25) is 9.79 Å². The van der Waals surface area contributed by atoms with Crippen molar-refractivity contribution < 1.29 is 23.1 Å². The Hall–Kier alpha value is -3.27. The molecule has 3 heterocycles. The second-order valence-corrected chi connectivity index (χ2v) is 11.8. The minimum atomic E-state index is -0.537. The van der Waals surface area contributed by atoms with Crippen molar-refractivity contribution in [3.63, 3.8) is 0 Å². The minimum absolute atomic E-state index is 0.159. The smallest absolute Gasteiger partial charge is 0.410 e. The number of carbonyl (C=O) groups is 2. The van der Waals surface area contributed by atoms with Crippen LogP contribution in [-0.4, -0.2) is 65.0 Å². The van der Waals surface area contributed by atoms with Crippen LogP contribution in [0.1, 0.15) is 43.8 Å². The number of carbonyl (C=O) groups excluding carboxylic acids is 2.